The van der Waals surface area contributed by atoms with Crippen molar-refractivity contribution in [1.29, 1.82) is 5.26 Å². The van der Waals surface area contributed by atoms with Crippen molar-refractivity contribution >= 4 is 22.6 Å². The minimum absolute atomic E-state index is 0.0439. The monoisotopic (exact) mass is 382 g/mol. The second-order valence-electron chi connectivity index (χ2n) is 6.46. The number of rotatable bonds is 8. The van der Waals surface area contributed by atoms with Crippen molar-refractivity contribution in [1.82, 2.24) is 0 Å². The van der Waals surface area contributed by atoms with Crippen LogP contribution in [0.15, 0.2) is 53.2 Å². The first-order valence-electron chi connectivity index (χ1n) is 9.19. The summed E-state index contributed by atoms with van der Waals surface area (Å²) in [5.74, 6) is 0.636. The Bertz CT molecular complexity index is 788. The Kier molecular flexibility index (Phi) is 7.87. The molecule has 1 heterocycles. The van der Waals surface area contributed by atoms with Crippen LogP contribution >= 0.6 is 11.8 Å². The molecule has 0 bridgehead atoms. The lowest BCUT2D eigenvalue weighted by Crippen LogP contribution is -2.28. The molecule has 0 aromatic heterocycles. The summed E-state index contributed by atoms with van der Waals surface area (Å²) < 4.78 is 5.73. The Labute approximate surface area is 166 Å². The highest BCUT2D eigenvalue weighted by Gasteiger charge is 2.37. The van der Waals surface area contributed by atoms with E-state index in [4.69, 9.17) is 4.74 Å². The SMILES string of the molecule is C=CCSC1=NC(C)=C(C(C)=O)[C@H](c2ccc(OCCCC)cc2)C1C#N. The fourth-order valence-electron chi connectivity index (χ4n) is 3.16. The fraction of sp³-hybridized carbons (Fsp3) is 0.409. The summed E-state index contributed by atoms with van der Waals surface area (Å²) in [6, 6.07) is 10.1. The first-order chi connectivity index (χ1) is 13.0. The number of thioether (sulfide) groups is 1. The van der Waals surface area contributed by atoms with Crippen LogP contribution in [0, 0.1) is 17.2 Å². The molecule has 0 N–H and O–H groups in total. The van der Waals surface area contributed by atoms with Gasteiger partial charge in [-0.05, 0) is 38.0 Å². The minimum atomic E-state index is -0.482. The van der Waals surface area contributed by atoms with Crippen LogP contribution in [-0.2, 0) is 4.79 Å². The Balaban J connectivity index is 2.38. The number of unbranched alkanes of at least 4 members (excludes halogenated alkanes) is 1. The Morgan fingerprint density at radius 2 is 2.11 bits per heavy atom. The molecule has 1 aromatic carbocycles. The van der Waals surface area contributed by atoms with Gasteiger partial charge in [0.25, 0.3) is 0 Å². The number of allylic oxidation sites excluding steroid dienone is 2. The first kappa shape index (κ1) is 21.0. The van der Waals surface area contributed by atoms with E-state index in [2.05, 4.69) is 24.6 Å². The molecule has 0 fully saturated rings. The molecule has 1 aliphatic heterocycles. The van der Waals surface area contributed by atoms with Crippen LogP contribution in [0.1, 0.15) is 45.1 Å². The third-order valence-electron chi connectivity index (χ3n) is 4.45. The first-order valence-corrected chi connectivity index (χ1v) is 10.2. The molecule has 2 rings (SSSR count). The van der Waals surface area contributed by atoms with Crippen molar-refractivity contribution < 1.29 is 9.53 Å². The average molecular weight is 383 g/mol. The van der Waals surface area contributed by atoms with E-state index in [0.29, 0.717) is 23.6 Å². The van der Waals surface area contributed by atoms with Gasteiger partial charge in [0, 0.05) is 22.9 Å². The van der Waals surface area contributed by atoms with Crippen LogP contribution in [0.4, 0.5) is 0 Å². The highest BCUT2D eigenvalue weighted by Crippen LogP contribution is 2.41. The number of nitrogens with zero attached hydrogens (tertiary/aromatic N) is 2. The van der Waals surface area contributed by atoms with Crippen LogP contribution in [0.2, 0.25) is 0 Å². The van der Waals surface area contributed by atoms with Crippen LogP contribution in [-0.4, -0.2) is 23.2 Å². The highest BCUT2D eigenvalue weighted by molar-refractivity contribution is 8.14. The summed E-state index contributed by atoms with van der Waals surface area (Å²) in [4.78, 5) is 16.9. The zero-order valence-corrected chi connectivity index (χ0v) is 17.0. The summed E-state index contributed by atoms with van der Waals surface area (Å²) >= 11 is 1.50. The van der Waals surface area contributed by atoms with E-state index in [-0.39, 0.29) is 11.7 Å². The molecule has 0 saturated carbocycles. The molecule has 142 valence electrons. The average Bonchev–Trinajstić information content (AvgIpc) is 2.66. The second-order valence-corrected chi connectivity index (χ2v) is 7.50. The van der Waals surface area contributed by atoms with E-state index in [1.165, 1.54) is 11.8 Å². The minimum Gasteiger partial charge on any atom is -0.494 e. The number of nitriles is 1. The van der Waals surface area contributed by atoms with Gasteiger partial charge in [-0.15, -0.1) is 18.3 Å². The number of hydrogen-bond donors (Lipinski definition) is 0. The lowest BCUT2D eigenvalue weighted by Gasteiger charge is -2.29. The van der Waals surface area contributed by atoms with E-state index in [9.17, 15) is 10.1 Å². The Morgan fingerprint density at radius 3 is 2.67 bits per heavy atom. The molecule has 0 spiro atoms. The van der Waals surface area contributed by atoms with Gasteiger partial charge in [0.05, 0.1) is 17.7 Å². The van der Waals surface area contributed by atoms with Crippen molar-refractivity contribution in [3.05, 3.63) is 53.8 Å². The largest absolute Gasteiger partial charge is 0.494 e. The van der Waals surface area contributed by atoms with Gasteiger partial charge < -0.3 is 4.74 Å². The predicted molar refractivity (Wildman–Crippen MR) is 112 cm³/mol. The zero-order valence-electron chi connectivity index (χ0n) is 16.2. The summed E-state index contributed by atoms with van der Waals surface area (Å²) in [5, 5.41) is 10.6. The number of ether oxygens (including phenoxy) is 1. The molecular weight excluding hydrogens is 356 g/mol. The second kappa shape index (κ2) is 10.1. The van der Waals surface area contributed by atoms with Crippen LogP contribution in [0.25, 0.3) is 0 Å². The number of carbonyl (C=O) groups is 1. The summed E-state index contributed by atoms with van der Waals surface area (Å²) in [7, 11) is 0. The standard InChI is InChI=1S/C22H26N2O2S/c1-5-7-12-26-18-10-8-17(9-11-18)21-19(14-23)22(27-13-6-2)24-15(3)20(21)16(4)25/h6,8-11,19,21H,2,5,7,12-13H2,1,3-4H3/t19?,21-/m1/s1. The summed E-state index contributed by atoms with van der Waals surface area (Å²) in [5.41, 5.74) is 2.23. The quantitative estimate of drug-likeness (QED) is 0.453. The normalized spacial score (nSPS) is 19.3. The summed E-state index contributed by atoms with van der Waals surface area (Å²) in [6.07, 6.45) is 3.89. The van der Waals surface area contributed by atoms with Gasteiger partial charge in [-0.1, -0.05) is 31.6 Å². The number of aliphatic imine (C=N–C) groups is 1. The lowest BCUT2D eigenvalue weighted by molar-refractivity contribution is -0.114. The van der Waals surface area contributed by atoms with Gasteiger partial charge in [-0.2, -0.15) is 5.26 Å². The highest BCUT2D eigenvalue weighted by atomic mass is 32.2. The van der Waals surface area contributed by atoms with Crippen LogP contribution < -0.4 is 4.74 Å². The number of carbonyl (C=O) groups excluding carboxylic acids is 1. The van der Waals surface area contributed by atoms with E-state index in [0.717, 1.165) is 29.2 Å². The zero-order chi connectivity index (χ0) is 19.8. The number of ketones is 1. The maximum atomic E-state index is 12.3. The van der Waals surface area contributed by atoms with E-state index in [1.807, 2.05) is 31.2 Å². The van der Waals surface area contributed by atoms with Crippen molar-refractivity contribution in [2.24, 2.45) is 10.9 Å². The molecule has 27 heavy (non-hydrogen) atoms. The Morgan fingerprint density at radius 1 is 1.41 bits per heavy atom. The summed E-state index contributed by atoms with van der Waals surface area (Å²) in [6.45, 7) is 9.93. The molecule has 4 nitrogen and oxygen atoms in total. The number of hydrogen-bond acceptors (Lipinski definition) is 5. The van der Waals surface area contributed by atoms with E-state index >= 15 is 0 Å². The smallest absolute Gasteiger partial charge is 0.158 e. The van der Waals surface area contributed by atoms with Gasteiger partial charge in [-0.25, -0.2) is 4.99 Å². The predicted octanol–water partition coefficient (Wildman–Crippen LogP) is 5.28. The topological polar surface area (TPSA) is 62.4 Å². The Hall–Kier alpha value is -2.32. The van der Waals surface area contributed by atoms with Crippen molar-refractivity contribution in [2.75, 3.05) is 12.4 Å². The van der Waals surface area contributed by atoms with Gasteiger partial charge >= 0.3 is 0 Å². The fourth-order valence-corrected chi connectivity index (χ4v) is 4.02. The third-order valence-corrected chi connectivity index (χ3v) is 5.49. The van der Waals surface area contributed by atoms with Crippen molar-refractivity contribution in [3.8, 4) is 11.8 Å². The molecule has 0 amide bonds. The molecular formula is C22H26N2O2S. The van der Waals surface area contributed by atoms with Crippen molar-refractivity contribution in [3.63, 3.8) is 0 Å². The number of benzene rings is 1. The molecule has 5 heteroatoms. The molecule has 1 unspecified atom stereocenters. The van der Waals surface area contributed by atoms with Crippen LogP contribution in [0.3, 0.4) is 0 Å². The van der Waals surface area contributed by atoms with E-state index < -0.39 is 5.92 Å². The van der Waals surface area contributed by atoms with Gasteiger partial charge in [0.1, 0.15) is 11.7 Å². The van der Waals surface area contributed by atoms with Crippen molar-refractivity contribution in [2.45, 2.75) is 39.5 Å². The maximum Gasteiger partial charge on any atom is 0.158 e. The van der Waals surface area contributed by atoms with Gasteiger partial charge in [-0.3, -0.25) is 4.79 Å². The van der Waals surface area contributed by atoms with Crippen LogP contribution in [0.5, 0.6) is 5.75 Å². The number of Topliss-reactive ketones (excluding diaryl/α,β-unsaturated/α-hetero) is 1. The third kappa shape index (κ3) is 5.11. The molecule has 0 radical (unpaired) electrons. The molecule has 0 saturated heterocycles. The molecule has 1 aromatic rings. The van der Waals surface area contributed by atoms with E-state index in [1.54, 1.807) is 13.0 Å². The molecule has 2 atom stereocenters. The molecule has 1 aliphatic rings. The lowest BCUT2D eigenvalue weighted by atomic mass is 9.77. The van der Waals surface area contributed by atoms with Gasteiger partial charge in [0.15, 0.2) is 5.78 Å². The maximum absolute atomic E-state index is 12.3. The molecule has 0 aliphatic carbocycles. The van der Waals surface area contributed by atoms with Gasteiger partial charge in [0.2, 0.25) is 0 Å².